The van der Waals surface area contributed by atoms with E-state index in [0.717, 1.165) is 11.3 Å². The maximum atomic E-state index is 12.6. The van der Waals surface area contributed by atoms with E-state index in [0.29, 0.717) is 5.69 Å². The lowest BCUT2D eigenvalue weighted by Gasteiger charge is -2.23. The van der Waals surface area contributed by atoms with E-state index in [1.807, 2.05) is 18.2 Å². The van der Waals surface area contributed by atoms with Gasteiger partial charge in [0.25, 0.3) is 5.91 Å². The molecule has 3 amide bonds. The zero-order chi connectivity index (χ0) is 22.8. The van der Waals surface area contributed by atoms with Crippen LogP contribution in [-0.2, 0) is 20.9 Å². The van der Waals surface area contributed by atoms with Crippen molar-refractivity contribution in [2.45, 2.75) is 39.5 Å². The standard InChI is InChI=1S/C23H29N3O5/c1-15(2)20(26-23(29)25-18-8-6-5-7-9-18)22(28)31-16(3)21(27)24-14-17-10-12-19(30-4)13-11-17/h5-13,15-16,20H,14H2,1-4H3,(H,24,27)(H2,25,26,29)/t16-,20-/m0/s1. The van der Waals surface area contributed by atoms with Gasteiger partial charge in [0.05, 0.1) is 7.11 Å². The number of anilines is 1. The van der Waals surface area contributed by atoms with E-state index in [1.54, 1.807) is 57.4 Å². The molecule has 2 atom stereocenters. The minimum Gasteiger partial charge on any atom is -0.497 e. The summed E-state index contributed by atoms with van der Waals surface area (Å²) in [6, 6.07) is 14.7. The predicted molar refractivity (Wildman–Crippen MR) is 118 cm³/mol. The van der Waals surface area contributed by atoms with Crippen LogP contribution in [-0.4, -0.2) is 37.2 Å². The molecular formula is C23H29N3O5. The van der Waals surface area contributed by atoms with E-state index in [-0.39, 0.29) is 12.5 Å². The number of benzene rings is 2. The zero-order valence-electron chi connectivity index (χ0n) is 18.2. The quantitative estimate of drug-likeness (QED) is 0.533. The minimum atomic E-state index is -1.01. The fourth-order valence-electron chi connectivity index (χ4n) is 2.71. The van der Waals surface area contributed by atoms with Gasteiger partial charge in [-0.1, -0.05) is 44.2 Å². The Kier molecular flexibility index (Phi) is 8.87. The molecular weight excluding hydrogens is 398 g/mol. The van der Waals surface area contributed by atoms with Crippen LogP contribution >= 0.6 is 0 Å². The highest BCUT2D eigenvalue weighted by molar-refractivity contribution is 5.93. The van der Waals surface area contributed by atoms with Crippen molar-refractivity contribution >= 4 is 23.6 Å². The number of amides is 3. The number of para-hydroxylation sites is 1. The number of hydrogen-bond donors (Lipinski definition) is 3. The van der Waals surface area contributed by atoms with Gasteiger partial charge in [-0.15, -0.1) is 0 Å². The van der Waals surface area contributed by atoms with Gasteiger partial charge in [0.15, 0.2) is 6.10 Å². The van der Waals surface area contributed by atoms with E-state index in [4.69, 9.17) is 9.47 Å². The zero-order valence-corrected chi connectivity index (χ0v) is 18.2. The Hall–Kier alpha value is -3.55. The van der Waals surface area contributed by atoms with Crippen molar-refractivity contribution in [3.8, 4) is 5.75 Å². The summed E-state index contributed by atoms with van der Waals surface area (Å²) in [6.45, 7) is 5.34. The van der Waals surface area contributed by atoms with Gasteiger partial charge >= 0.3 is 12.0 Å². The smallest absolute Gasteiger partial charge is 0.329 e. The molecule has 0 aliphatic carbocycles. The molecule has 31 heavy (non-hydrogen) atoms. The van der Waals surface area contributed by atoms with Gasteiger partial charge < -0.3 is 25.4 Å². The topological polar surface area (TPSA) is 106 Å². The molecule has 0 aliphatic heterocycles. The molecule has 8 heteroatoms. The Bertz CT molecular complexity index is 869. The number of nitrogens with one attached hydrogen (secondary N) is 3. The Labute approximate surface area is 182 Å². The van der Waals surface area contributed by atoms with Crippen LogP contribution in [0.5, 0.6) is 5.75 Å². The molecule has 2 aromatic rings. The number of methoxy groups -OCH3 is 1. The molecule has 0 saturated carbocycles. The van der Waals surface area contributed by atoms with Crippen LogP contribution in [0, 0.1) is 5.92 Å². The van der Waals surface area contributed by atoms with Crippen LogP contribution in [0.25, 0.3) is 0 Å². The average Bonchev–Trinajstić information content (AvgIpc) is 2.76. The molecule has 2 rings (SSSR count). The first kappa shape index (κ1) is 23.7. The molecule has 0 bridgehead atoms. The van der Waals surface area contributed by atoms with Gasteiger partial charge in [-0.25, -0.2) is 9.59 Å². The molecule has 0 aliphatic rings. The number of carbonyl (C=O) groups excluding carboxylic acids is 3. The minimum absolute atomic E-state index is 0.233. The molecule has 0 heterocycles. The van der Waals surface area contributed by atoms with Gasteiger partial charge in [0.1, 0.15) is 11.8 Å². The maximum Gasteiger partial charge on any atom is 0.329 e. The normalized spacial score (nSPS) is 12.4. The third-order valence-electron chi connectivity index (χ3n) is 4.53. The van der Waals surface area contributed by atoms with Crippen molar-refractivity contribution in [1.29, 1.82) is 0 Å². The lowest BCUT2D eigenvalue weighted by Crippen LogP contribution is -2.49. The van der Waals surface area contributed by atoms with Crippen molar-refractivity contribution < 1.29 is 23.9 Å². The molecule has 2 aromatic carbocycles. The number of ether oxygens (including phenoxy) is 2. The highest BCUT2D eigenvalue weighted by Gasteiger charge is 2.29. The van der Waals surface area contributed by atoms with Crippen LogP contribution in [0.3, 0.4) is 0 Å². The Balaban J connectivity index is 1.86. The lowest BCUT2D eigenvalue weighted by atomic mass is 10.0. The summed E-state index contributed by atoms with van der Waals surface area (Å²) in [6.07, 6.45) is -1.01. The van der Waals surface area contributed by atoms with Crippen molar-refractivity contribution in [2.75, 3.05) is 12.4 Å². The Morgan fingerprint density at radius 1 is 0.935 bits per heavy atom. The Morgan fingerprint density at radius 2 is 1.58 bits per heavy atom. The maximum absolute atomic E-state index is 12.6. The summed E-state index contributed by atoms with van der Waals surface area (Å²) in [5.41, 5.74) is 1.48. The highest BCUT2D eigenvalue weighted by Crippen LogP contribution is 2.12. The lowest BCUT2D eigenvalue weighted by molar-refractivity contribution is -0.157. The third-order valence-corrected chi connectivity index (χ3v) is 4.53. The highest BCUT2D eigenvalue weighted by atomic mass is 16.5. The van der Waals surface area contributed by atoms with Crippen LogP contribution in [0.15, 0.2) is 54.6 Å². The van der Waals surface area contributed by atoms with Gasteiger partial charge in [0, 0.05) is 12.2 Å². The van der Waals surface area contributed by atoms with E-state index in [2.05, 4.69) is 16.0 Å². The number of hydrogen-bond acceptors (Lipinski definition) is 5. The number of rotatable bonds is 9. The summed E-state index contributed by atoms with van der Waals surface area (Å²) < 4.78 is 10.4. The van der Waals surface area contributed by atoms with Gasteiger partial charge in [0.2, 0.25) is 0 Å². The van der Waals surface area contributed by atoms with Crippen molar-refractivity contribution in [3.05, 3.63) is 60.2 Å². The second-order valence-corrected chi connectivity index (χ2v) is 7.33. The molecule has 0 fully saturated rings. The molecule has 0 saturated heterocycles. The largest absolute Gasteiger partial charge is 0.497 e. The number of carbonyl (C=O) groups is 3. The first-order chi connectivity index (χ1) is 14.8. The SMILES string of the molecule is COc1ccc(CNC(=O)[C@H](C)OC(=O)[C@@H](NC(=O)Nc2ccccc2)C(C)C)cc1. The summed E-state index contributed by atoms with van der Waals surface area (Å²) >= 11 is 0. The summed E-state index contributed by atoms with van der Waals surface area (Å²) in [5, 5.41) is 7.99. The summed E-state index contributed by atoms with van der Waals surface area (Å²) in [7, 11) is 1.58. The number of urea groups is 1. The molecule has 0 radical (unpaired) electrons. The van der Waals surface area contributed by atoms with Gasteiger partial charge in [-0.2, -0.15) is 0 Å². The van der Waals surface area contributed by atoms with Crippen LogP contribution in [0.2, 0.25) is 0 Å². The van der Waals surface area contributed by atoms with E-state index in [9.17, 15) is 14.4 Å². The monoisotopic (exact) mass is 427 g/mol. The predicted octanol–water partition coefficient (Wildman–Crippen LogP) is 3.09. The van der Waals surface area contributed by atoms with Crippen molar-refractivity contribution in [3.63, 3.8) is 0 Å². The fraction of sp³-hybridized carbons (Fsp3) is 0.348. The molecule has 0 aromatic heterocycles. The van der Waals surface area contributed by atoms with Crippen LogP contribution in [0.4, 0.5) is 10.5 Å². The average molecular weight is 428 g/mol. The Morgan fingerprint density at radius 3 is 2.16 bits per heavy atom. The first-order valence-corrected chi connectivity index (χ1v) is 10.0. The molecule has 166 valence electrons. The number of esters is 1. The molecule has 0 spiro atoms. The second kappa shape index (κ2) is 11.6. The van der Waals surface area contributed by atoms with Crippen molar-refractivity contribution in [2.24, 2.45) is 5.92 Å². The first-order valence-electron chi connectivity index (χ1n) is 10.0. The van der Waals surface area contributed by atoms with Gasteiger partial charge in [-0.05, 0) is 42.7 Å². The fourth-order valence-corrected chi connectivity index (χ4v) is 2.71. The summed E-state index contributed by atoms with van der Waals surface area (Å²) in [4.78, 5) is 37.1. The third kappa shape index (κ3) is 7.65. The molecule has 3 N–H and O–H groups in total. The second-order valence-electron chi connectivity index (χ2n) is 7.33. The van der Waals surface area contributed by atoms with Gasteiger partial charge in [-0.3, -0.25) is 4.79 Å². The van der Waals surface area contributed by atoms with Crippen LogP contribution in [0.1, 0.15) is 26.3 Å². The van der Waals surface area contributed by atoms with E-state index in [1.165, 1.54) is 6.92 Å². The van der Waals surface area contributed by atoms with Crippen LogP contribution < -0.4 is 20.7 Å². The molecule has 0 unspecified atom stereocenters. The van der Waals surface area contributed by atoms with Crippen molar-refractivity contribution in [1.82, 2.24) is 10.6 Å². The van der Waals surface area contributed by atoms with E-state index < -0.39 is 30.1 Å². The summed E-state index contributed by atoms with van der Waals surface area (Å²) in [5.74, 6) is -0.616. The molecule has 8 nitrogen and oxygen atoms in total. The van der Waals surface area contributed by atoms with E-state index >= 15 is 0 Å².